The van der Waals surface area contributed by atoms with Crippen LogP contribution >= 0.6 is 7.82 Å². The number of allylic oxidation sites excluding steroid dienone is 8. The largest absolute Gasteiger partial charge is 0.472 e. The fourth-order valence-corrected chi connectivity index (χ4v) is 7.98. The molecule has 9 nitrogen and oxygen atoms in total. The van der Waals surface area contributed by atoms with Crippen molar-refractivity contribution in [3.05, 3.63) is 48.6 Å². The highest BCUT2D eigenvalue weighted by atomic mass is 31.2. The average Bonchev–Trinajstić information content (AvgIpc) is 3.26. The SMILES string of the molecule is CC/C=C\C/C=C\C/C=C\C/C=C\CCCCCCCCCCC(=O)OC(COC(=O)CCCCCCCCCCCCCCCCCCCCCC)COP(=O)(O)OCCN. The van der Waals surface area contributed by atoms with E-state index in [1.165, 1.54) is 135 Å². The van der Waals surface area contributed by atoms with Crippen LogP contribution in [0, 0.1) is 0 Å². The van der Waals surface area contributed by atoms with E-state index in [0.717, 1.165) is 70.6 Å². The molecule has 62 heavy (non-hydrogen) atoms. The number of ether oxygens (including phenoxy) is 2. The summed E-state index contributed by atoms with van der Waals surface area (Å²) < 4.78 is 32.9. The number of nitrogens with two attached hydrogens (primary N) is 1. The van der Waals surface area contributed by atoms with Crippen LogP contribution in [-0.4, -0.2) is 49.3 Å². The molecule has 0 saturated carbocycles. The van der Waals surface area contributed by atoms with Crippen LogP contribution in [0.2, 0.25) is 0 Å². The summed E-state index contributed by atoms with van der Waals surface area (Å²) in [6.45, 7) is 3.65. The summed E-state index contributed by atoms with van der Waals surface area (Å²) in [5, 5.41) is 0. The summed E-state index contributed by atoms with van der Waals surface area (Å²) in [6.07, 6.45) is 57.2. The van der Waals surface area contributed by atoms with Crippen molar-refractivity contribution in [2.24, 2.45) is 5.73 Å². The molecule has 0 heterocycles. The zero-order valence-electron chi connectivity index (χ0n) is 40.1. The molecular formula is C52H96NO8P. The van der Waals surface area contributed by atoms with Crippen LogP contribution in [0.1, 0.15) is 239 Å². The first-order valence-electron chi connectivity index (χ1n) is 25.6. The summed E-state index contributed by atoms with van der Waals surface area (Å²) in [5.41, 5.74) is 5.37. The van der Waals surface area contributed by atoms with Gasteiger partial charge in [0.05, 0.1) is 13.2 Å². The summed E-state index contributed by atoms with van der Waals surface area (Å²) in [6, 6.07) is 0. The average molecular weight is 894 g/mol. The Morgan fingerprint density at radius 3 is 1.32 bits per heavy atom. The lowest BCUT2D eigenvalue weighted by atomic mass is 10.0. The summed E-state index contributed by atoms with van der Waals surface area (Å²) in [5.74, 6) is -0.829. The van der Waals surface area contributed by atoms with Crippen LogP contribution in [0.3, 0.4) is 0 Å². The summed E-state index contributed by atoms with van der Waals surface area (Å²) in [4.78, 5) is 35.1. The lowest BCUT2D eigenvalue weighted by molar-refractivity contribution is -0.161. The number of unbranched alkanes of at least 4 members (excludes halogenated alkanes) is 27. The fraction of sp³-hybridized carbons (Fsp3) is 0.808. The maximum Gasteiger partial charge on any atom is 0.472 e. The lowest BCUT2D eigenvalue weighted by Gasteiger charge is -2.19. The molecule has 3 N–H and O–H groups in total. The smallest absolute Gasteiger partial charge is 0.462 e. The summed E-state index contributed by atoms with van der Waals surface area (Å²) >= 11 is 0. The molecule has 0 radical (unpaired) electrons. The minimum Gasteiger partial charge on any atom is -0.462 e. The van der Waals surface area contributed by atoms with Gasteiger partial charge in [-0.25, -0.2) is 4.57 Å². The van der Waals surface area contributed by atoms with Crippen LogP contribution < -0.4 is 5.73 Å². The van der Waals surface area contributed by atoms with Crippen molar-refractivity contribution in [1.29, 1.82) is 0 Å². The van der Waals surface area contributed by atoms with Gasteiger partial charge in [-0.15, -0.1) is 0 Å². The minimum absolute atomic E-state index is 0.0517. The van der Waals surface area contributed by atoms with Crippen molar-refractivity contribution in [2.75, 3.05) is 26.4 Å². The maximum atomic E-state index is 12.7. The van der Waals surface area contributed by atoms with Crippen molar-refractivity contribution in [3.8, 4) is 0 Å². The predicted octanol–water partition coefficient (Wildman–Crippen LogP) is 15.5. The number of phosphoric acid groups is 1. The molecule has 10 heteroatoms. The van der Waals surface area contributed by atoms with E-state index in [4.69, 9.17) is 24.3 Å². The third kappa shape index (κ3) is 47.4. The Morgan fingerprint density at radius 2 is 0.887 bits per heavy atom. The van der Waals surface area contributed by atoms with E-state index in [9.17, 15) is 19.0 Å². The first-order valence-corrected chi connectivity index (χ1v) is 27.1. The molecule has 0 aliphatic heterocycles. The molecule has 2 atom stereocenters. The molecule has 0 amide bonds. The van der Waals surface area contributed by atoms with Crippen LogP contribution in [0.4, 0.5) is 0 Å². The van der Waals surface area contributed by atoms with Crippen LogP contribution in [-0.2, 0) is 32.7 Å². The molecule has 0 aromatic carbocycles. The molecule has 2 unspecified atom stereocenters. The van der Waals surface area contributed by atoms with Crippen molar-refractivity contribution in [3.63, 3.8) is 0 Å². The fourth-order valence-electron chi connectivity index (χ4n) is 7.22. The van der Waals surface area contributed by atoms with Gasteiger partial charge >= 0.3 is 19.8 Å². The first-order chi connectivity index (χ1) is 30.3. The number of esters is 2. The van der Waals surface area contributed by atoms with Crippen LogP contribution in [0.5, 0.6) is 0 Å². The zero-order chi connectivity index (χ0) is 45.3. The molecule has 0 aliphatic rings. The van der Waals surface area contributed by atoms with E-state index in [1.54, 1.807) is 0 Å². The normalized spacial score (nSPS) is 13.5. The van der Waals surface area contributed by atoms with Gasteiger partial charge in [0.1, 0.15) is 6.61 Å². The molecular weight excluding hydrogens is 798 g/mol. The molecule has 0 spiro atoms. The molecule has 0 aromatic heterocycles. The number of rotatable bonds is 48. The highest BCUT2D eigenvalue weighted by molar-refractivity contribution is 7.47. The maximum absolute atomic E-state index is 12.7. The van der Waals surface area contributed by atoms with E-state index in [-0.39, 0.29) is 38.6 Å². The Morgan fingerprint density at radius 1 is 0.500 bits per heavy atom. The Balaban J connectivity index is 4.05. The second-order valence-corrected chi connectivity index (χ2v) is 18.5. The van der Waals surface area contributed by atoms with Crippen LogP contribution in [0.25, 0.3) is 0 Å². The highest BCUT2D eigenvalue weighted by Gasteiger charge is 2.26. The zero-order valence-corrected chi connectivity index (χ0v) is 41.0. The van der Waals surface area contributed by atoms with Crippen molar-refractivity contribution < 1.29 is 37.6 Å². The van der Waals surface area contributed by atoms with Gasteiger partial charge in [-0.2, -0.15) is 0 Å². The second kappa shape index (κ2) is 48.4. The van der Waals surface area contributed by atoms with Crippen molar-refractivity contribution in [2.45, 2.75) is 245 Å². The monoisotopic (exact) mass is 894 g/mol. The second-order valence-electron chi connectivity index (χ2n) is 17.0. The van der Waals surface area contributed by atoms with E-state index in [2.05, 4.69) is 62.5 Å². The quantitative estimate of drug-likeness (QED) is 0.0265. The van der Waals surface area contributed by atoms with Crippen LogP contribution in [0.15, 0.2) is 48.6 Å². The highest BCUT2D eigenvalue weighted by Crippen LogP contribution is 2.43. The third-order valence-electron chi connectivity index (χ3n) is 11.0. The number of phosphoric ester groups is 1. The van der Waals surface area contributed by atoms with Gasteiger partial charge in [0.15, 0.2) is 6.10 Å². The van der Waals surface area contributed by atoms with E-state index < -0.39 is 26.5 Å². The van der Waals surface area contributed by atoms with Gasteiger partial charge in [-0.3, -0.25) is 18.6 Å². The molecule has 0 saturated heterocycles. The Bertz CT molecular complexity index is 1160. The van der Waals surface area contributed by atoms with Gasteiger partial charge < -0.3 is 20.1 Å². The van der Waals surface area contributed by atoms with E-state index in [1.807, 2.05) is 0 Å². The van der Waals surface area contributed by atoms with Gasteiger partial charge in [0.25, 0.3) is 0 Å². The molecule has 0 aliphatic carbocycles. The Labute approximate surface area is 381 Å². The molecule has 0 aromatic rings. The van der Waals surface area contributed by atoms with Gasteiger partial charge in [0.2, 0.25) is 0 Å². The third-order valence-corrected chi connectivity index (χ3v) is 12.0. The molecule has 362 valence electrons. The lowest BCUT2D eigenvalue weighted by Crippen LogP contribution is -2.29. The Kier molecular flexibility index (Phi) is 46.8. The predicted molar refractivity (Wildman–Crippen MR) is 261 cm³/mol. The Hall–Kier alpha value is -2.03. The number of carbonyl (C=O) groups excluding carboxylic acids is 2. The topological polar surface area (TPSA) is 134 Å². The number of hydrogen-bond acceptors (Lipinski definition) is 8. The number of hydrogen-bond donors (Lipinski definition) is 2. The van der Waals surface area contributed by atoms with Crippen molar-refractivity contribution in [1.82, 2.24) is 0 Å². The van der Waals surface area contributed by atoms with E-state index >= 15 is 0 Å². The minimum atomic E-state index is -4.38. The summed E-state index contributed by atoms with van der Waals surface area (Å²) in [7, 11) is -4.38. The molecule has 0 fully saturated rings. The standard InChI is InChI=1S/C52H96NO8P/c1-3-5-7-9-11-13-15-17-19-21-23-25-27-29-31-33-35-37-39-41-43-45-52(55)61-50(49-60-62(56,57)59-47-46-53)48-58-51(54)44-42-40-38-36-34-32-30-28-26-24-22-20-18-16-14-12-10-8-6-4-2/h5,7,11,13,17,19,23,25,50H,3-4,6,8-10,12,14-16,18,20-22,24,26-49,53H2,1-2H3,(H,56,57)/b7-5-,13-11-,19-17-,25-23-. The van der Waals surface area contributed by atoms with E-state index in [0.29, 0.717) is 6.42 Å². The molecule has 0 bridgehead atoms. The van der Waals surface area contributed by atoms with Gasteiger partial charge in [-0.05, 0) is 51.4 Å². The van der Waals surface area contributed by atoms with Gasteiger partial charge in [-0.1, -0.05) is 223 Å². The van der Waals surface area contributed by atoms with Gasteiger partial charge in [0, 0.05) is 19.4 Å². The first kappa shape index (κ1) is 60.0. The number of carbonyl (C=O) groups is 2. The molecule has 0 rings (SSSR count). The van der Waals surface area contributed by atoms with Crippen molar-refractivity contribution >= 4 is 19.8 Å².